The number of aliphatic hydroxyl groups is 1. The van der Waals surface area contributed by atoms with Gasteiger partial charge in [0.25, 0.3) is 0 Å². The molecule has 0 saturated heterocycles. The first kappa shape index (κ1) is 32.3. The van der Waals surface area contributed by atoms with Crippen molar-refractivity contribution in [3.8, 4) is 0 Å². The van der Waals surface area contributed by atoms with Crippen LogP contribution >= 0.6 is 0 Å². The number of carbonyl (C=O) groups is 3. The van der Waals surface area contributed by atoms with Crippen LogP contribution in [0.25, 0.3) is 0 Å². The Hall–Kier alpha value is -4.23. The summed E-state index contributed by atoms with van der Waals surface area (Å²) in [5, 5.41) is 37.8. The fourth-order valence-electron chi connectivity index (χ4n) is 5.11. The summed E-state index contributed by atoms with van der Waals surface area (Å²) in [5.41, 5.74) is 0.0883. The molecule has 0 unspecified atom stereocenters. The van der Waals surface area contributed by atoms with Gasteiger partial charge in [0.15, 0.2) is 17.2 Å². The number of carboxylic acid groups (broad SMARTS) is 3. The van der Waals surface area contributed by atoms with Crippen LogP contribution < -0.4 is 0 Å². The zero-order valence-corrected chi connectivity index (χ0v) is 22.9. The second-order valence-corrected chi connectivity index (χ2v) is 10.4. The third-order valence-electron chi connectivity index (χ3n) is 7.02. The summed E-state index contributed by atoms with van der Waals surface area (Å²) in [5.74, 6) is -5.28. The van der Waals surface area contributed by atoms with Crippen LogP contribution in [-0.2, 0) is 33.9 Å². The second kappa shape index (κ2) is 14.6. The van der Waals surface area contributed by atoms with Crippen molar-refractivity contribution in [1.29, 1.82) is 0 Å². The highest BCUT2D eigenvalue weighted by molar-refractivity contribution is 5.88. The molecule has 2 atom stereocenters. The van der Waals surface area contributed by atoms with E-state index in [4.69, 9.17) is 24.9 Å². The van der Waals surface area contributed by atoms with Crippen molar-refractivity contribution in [3.05, 3.63) is 83.0 Å². The van der Waals surface area contributed by atoms with Gasteiger partial charge < -0.3 is 24.9 Å². The summed E-state index contributed by atoms with van der Waals surface area (Å²) < 4.78 is 32.6. The monoisotopic (exact) mass is 589 g/mol. The van der Waals surface area contributed by atoms with E-state index in [0.29, 0.717) is 18.5 Å². The molecule has 1 aliphatic rings. The van der Waals surface area contributed by atoms with E-state index in [9.17, 15) is 23.2 Å². The Labute approximate surface area is 240 Å². The van der Waals surface area contributed by atoms with Gasteiger partial charge in [-0.1, -0.05) is 17.6 Å². The van der Waals surface area contributed by atoms with E-state index in [1.54, 1.807) is 18.5 Å². The Balaban J connectivity index is 0.000000316. The van der Waals surface area contributed by atoms with Gasteiger partial charge in [0, 0.05) is 44.0 Å². The molecule has 1 aliphatic carbocycles. The number of nitrogens with zero attached hydrogens (tertiary/aromatic N) is 3. The topological polar surface area (TPSA) is 174 Å². The van der Waals surface area contributed by atoms with Crippen molar-refractivity contribution in [2.24, 2.45) is 5.92 Å². The highest BCUT2D eigenvalue weighted by Crippen LogP contribution is 2.34. The summed E-state index contributed by atoms with van der Waals surface area (Å²) in [6.07, 6.45) is 5.47. The predicted molar refractivity (Wildman–Crippen MR) is 143 cm³/mol. The summed E-state index contributed by atoms with van der Waals surface area (Å²) in [6.45, 7) is 3.23. The molecule has 4 rings (SSSR count). The largest absolute Gasteiger partial charge is 0.481 e. The lowest BCUT2D eigenvalue weighted by molar-refractivity contribution is -0.170. The van der Waals surface area contributed by atoms with E-state index in [0.717, 1.165) is 54.8 Å². The predicted octanol–water partition coefficient (Wildman–Crippen LogP) is 3.82. The fourth-order valence-corrected chi connectivity index (χ4v) is 5.11. The summed E-state index contributed by atoms with van der Waals surface area (Å²) in [7, 11) is 0. The highest BCUT2D eigenvalue weighted by Gasteiger charge is 2.40. The van der Waals surface area contributed by atoms with E-state index in [1.807, 2.05) is 25.1 Å². The maximum atomic E-state index is 13.8. The molecule has 1 aromatic carbocycles. The molecule has 0 amide bonds. The van der Waals surface area contributed by atoms with Gasteiger partial charge in [-0.05, 0) is 61.1 Å². The van der Waals surface area contributed by atoms with Crippen LogP contribution in [0.15, 0.2) is 53.3 Å². The number of aryl methyl sites for hydroxylation is 1. The molecule has 42 heavy (non-hydrogen) atoms. The van der Waals surface area contributed by atoms with Crippen molar-refractivity contribution in [2.45, 2.75) is 70.2 Å². The highest BCUT2D eigenvalue weighted by atomic mass is 19.2. The van der Waals surface area contributed by atoms with E-state index in [2.05, 4.69) is 15.0 Å². The van der Waals surface area contributed by atoms with Gasteiger partial charge in [0.05, 0.1) is 18.5 Å². The van der Waals surface area contributed by atoms with Crippen LogP contribution in [0.1, 0.15) is 54.7 Å². The average Bonchev–Trinajstić information content (AvgIpc) is 3.54. The van der Waals surface area contributed by atoms with E-state index >= 15 is 0 Å². The minimum absolute atomic E-state index is 0.335. The van der Waals surface area contributed by atoms with Gasteiger partial charge >= 0.3 is 17.9 Å². The van der Waals surface area contributed by atoms with Gasteiger partial charge in [-0.2, -0.15) is 0 Å². The minimum atomic E-state index is -2.74. The molecular weight excluding hydrogens is 556 g/mol. The molecule has 2 heterocycles. The van der Waals surface area contributed by atoms with E-state index in [1.165, 1.54) is 12.1 Å². The normalized spacial score (nSPS) is 16.6. The number of hydrogen-bond acceptors (Lipinski definition) is 8. The van der Waals surface area contributed by atoms with Crippen molar-refractivity contribution in [3.63, 3.8) is 0 Å². The SMILES string of the molecule is Cc1cc(C[C@@H]2CCC[C@H]2N(Cc2ccncc2)Cc2ccc(F)c(F)c2)on1.O=C(O)CC(O)(CC(=O)O)C(=O)O. The van der Waals surface area contributed by atoms with Crippen molar-refractivity contribution >= 4 is 17.9 Å². The Morgan fingerprint density at radius 1 is 0.952 bits per heavy atom. The molecule has 0 aliphatic heterocycles. The van der Waals surface area contributed by atoms with Crippen LogP contribution in [0.2, 0.25) is 0 Å². The third kappa shape index (κ3) is 9.42. The number of aliphatic carboxylic acids is 3. The lowest BCUT2D eigenvalue weighted by atomic mass is 9.95. The standard InChI is InChI=1S/C23H25F2N3O.C6H8O7/c1-16-11-20(29-27-16)13-19-3-2-4-23(19)28(14-17-7-9-26-10-8-17)15-18-5-6-21(24)22(25)12-18;7-3(8)1-6(13,5(11)12)2-4(9)10/h5-12,19,23H,2-4,13-15H2,1H3;13H,1-2H2,(H,7,8)(H,9,10)(H,11,12)/t19-,23+;/m0./s1. The maximum absolute atomic E-state index is 13.8. The molecule has 4 N–H and O–H groups in total. The Kier molecular flexibility index (Phi) is 11.2. The van der Waals surface area contributed by atoms with E-state index < -0.39 is 48.0 Å². The summed E-state index contributed by atoms with van der Waals surface area (Å²) in [6, 6.07) is 10.5. The number of rotatable bonds is 12. The van der Waals surface area contributed by atoms with Crippen molar-refractivity contribution in [2.75, 3.05) is 0 Å². The number of hydrogen-bond donors (Lipinski definition) is 4. The zero-order valence-electron chi connectivity index (χ0n) is 22.9. The molecule has 3 aromatic rings. The van der Waals surface area contributed by atoms with Gasteiger partial charge in [0.1, 0.15) is 5.76 Å². The quantitative estimate of drug-likeness (QED) is 0.242. The van der Waals surface area contributed by atoms with Gasteiger partial charge in [-0.3, -0.25) is 19.5 Å². The average molecular weight is 590 g/mol. The Morgan fingerprint density at radius 3 is 2.14 bits per heavy atom. The molecule has 0 spiro atoms. The first-order valence-corrected chi connectivity index (χ1v) is 13.2. The molecule has 1 saturated carbocycles. The van der Waals surface area contributed by atoms with Crippen molar-refractivity contribution < 1.29 is 48.1 Å². The lowest BCUT2D eigenvalue weighted by Crippen LogP contribution is -2.42. The number of pyridine rings is 1. The summed E-state index contributed by atoms with van der Waals surface area (Å²) in [4.78, 5) is 37.0. The second-order valence-electron chi connectivity index (χ2n) is 10.4. The van der Waals surface area contributed by atoms with E-state index in [-0.39, 0.29) is 0 Å². The Bertz CT molecular complexity index is 1350. The van der Waals surface area contributed by atoms with Crippen LogP contribution in [0.3, 0.4) is 0 Å². The smallest absolute Gasteiger partial charge is 0.336 e. The van der Waals surface area contributed by atoms with Gasteiger partial charge in [0.2, 0.25) is 0 Å². The van der Waals surface area contributed by atoms with Gasteiger partial charge in [-0.25, -0.2) is 13.6 Å². The maximum Gasteiger partial charge on any atom is 0.336 e. The lowest BCUT2D eigenvalue weighted by Gasteiger charge is -2.33. The number of halogens is 2. The molecule has 0 bridgehead atoms. The number of carboxylic acids is 3. The van der Waals surface area contributed by atoms with Crippen LogP contribution in [0.4, 0.5) is 8.78 Å². The molecular formula is C29H33F2N3O8. The van der Waals surface area contributed by atoms with Crippen LogP contribution in [0, 0.1) is 24.5 Å². The van der Waals surface area contributed by atoms with Crippen LogP contribution in [-0.4, -0.2) is 65.0 Å². The van der Waals surface area contributed by atoms with Crippen LogP contribution in [0.5, 0.6) is 0 Å². The number of benzene rings is 1. The molecule has 0 radical (unpaired) electrons. The fraction of sp³-hybridized carbons (Fsp3) is 0.414. The Morgan fingerprint density at radius 2 is 1.60 bits per heavy atom. The first-order valence-electron chi connectivity index (χ1n) is 13.2. The third-order valence-corrected chi connectivity index (χ3v) is 7.02. The van der Waals surface area contributed by atoms with Gasteiger partial charge in [-0.15, -0.1) is 0 Å². The molecule has 2 aromatic heterocycles. The first-order chi connectivity index (χ1) is 19.9. The summed E-state index contributed by atoms with van der Waals surface area (Å²) >= 11 is 0. The molecule has 11 nitrogen and oxygen atoms in total. The molecule has 13 heteroatoms. The number of aromatic nitrogens is 2. The molecule has 1 fully saturated rings. The molecule has 226 valence electrons. The zero-order chi connectivity index (χ0) is 30.9. The minimum Gasteiger partial charge on any atom is -0.481 e. The van der Waals surface area contributed by atoms with Crippen molar-refractivity contribution in [1.82, 2.24) is 15.0 Å².